The second-order valence-corrected chi connectivity index (χ2v) is 13.1. The first-order valence-corrected chi connectivity index (χ1v) is 15.7. The van der Waals surface area contributed by atoms with Crippen LogP contribution in [0.5, 0.6) is 0 Å². The number of carbonyl (C=O) groups excluding carboxylic acids is 2. The van der Waals surface area contributed by atoms with Crippen LogP contribution in [0.2, 0.25) is 0 Å². The highest BCUT2D eigenvalue weighted by atomic mass is 16.6. The summed E-state index contributed by atoms with van der Waals surface area (Å²) in [7, 11) is 0. The quantitative estimate of drug-likeness (QED) is 0.252. The molecule has 3 aliphatic rings. The molecule has 2 saturated heterocycles. The van der Waals surface area contributed by atoms with Crippen LogP contribution in [0.1, 0.15) is 79.8 Å². The number of rotatable bonds is 7. The fourth-order valence-corrected chi connectivity index (χ4v) is 7.90. The number of amides is 2. The molecule has 7 rings (SSSR count). The standard InChI is InChI=1S/C36H40N4O3/c1-24(26-13-9-10-14-26)33-29-18-17-28(19-31(29)37-38-33)30-21-39(20-25-11-5-3-6-12-25)23-36(30,2)34(41)40-32(22-43-35(40)42)27-15-7-4-8-16-27/h3-8,11-12,15-19,24,26,30,32H,9-10,13-14,20-23H2,1-2H3,(H,37,38)/t24?,30-,32-,36+/m0/s1. The van der Waals surface area contributed by atoms with Gasteiger partial charge in [-0.25, -0.2) is 9.69 Å². The third-order valence-corrected chi connectivity index (χ3v) is 10.3. The normalized spacial score (nSPS) is 25.4. The van der Waals surface area contributed by atoms with Crippen molar-refractivity contribution in [3.05, 3.63) is 101 Å². The maximum Gasteiger partial charge on any atom is 0.417 e. The number of benzene rings is 3. The summed E-state index contributed by atoms with van der Waals surface area (Å²) in [4.78, 5) is 31.5. The summed E-state index contributed by atoms with van der Waals surface area (Å²) in [5, 5.41) is 9.29. The van der Waals surface area contributed by atoms with Gasteiger partial charge in [-0.05, 0) is 48.4 Å². The minimum absolute atomic E-state index is 0.114. The third kappa shape index (κ3) is 5.03. The number of carbonyl (C=O) groups is 2. The Balaban J connectivity index is 1.24. The molecule has 3 heterocycles. The number of fused-ring (bicyclic) bond motifs is 1. The van der Waals surface area contributed by atoms with Crippen molar-refractivity contribution in [2.75, 3.05) is 19.7 Å². The number of H-pyrrole nitrogens is 1. The van der Waals surface area contributed by atoms with Gasteiger partial charge in [-0.2, -0.15) is 5.10 Å². The van der Waals surface area contributed by atoms with Crippen molar-refractivity contribution in [2.45, 2.75) is 64.0 Å². The molecule has 0 spiro atoms. The zero-order chi connectivity index (χ0) is 29.6. The van der Waals surface area contributed by atoms with Crippen LogP contribution in [0.25, 0.3) is 10.9 Å². The Morgan fingerprint density at radius 2 is 1.74 bits per heavy atom. The van der Waals surface area contributed by atoms with E-state index in [1.165, 1.54) is 41.5 Å². The maximum absolute atomic E-state index is 14.6. The average molecular weight is 577 g/mol. The number of likely N-dealkylation sites (tertiary alicyclic amines) is 1. The van der Waals surface area contributed by atoms with Gasteiger partial charge in [-0.3, -0.25) is 14.8 Å². The molecule has 2 amide bonds. The van der Waals surface area contributed by atoms with Crippen LogP contribution < -0.4 is 0 Å². The molecule has 2 aliphatic heterocycles. The number of hydrogen-bond acceptors (Lipinski definition) is 5. The minimum atomic E-state index is -0.834. The monoisotopic (exact) mass is 576 g/mol. The summed E-state index contributed by atoms with van der Waals surface area (Å²) < 4.78 is 5.49. The van der Waals surface area contributed by atoms with Crippen LogP contribution in [-0.2, 0) is 16.1 Å². The van der Waals surface area contributed by atoms with Gasteiger partial charge in [0.05, 0.1) is 16.6 Å². The van der Waals surface area contributed by atoms with Crippen LogP contribution in [0.4, 0.5) is 4.79 Å². The Labute approximate surface area is 253 Å². The summed E-state index contributed by atoms with van der Waals surface area (Å²) in [5.41, 5.74) is 4.52. The van der Waals surface area contributed by atoms with Crippen LogP contribution >= 0.6 is 0 Å². The largest absolute Gasteiger partial charge is 0.446 e. The molecule has 1 saturated carbocycles. The molecule has 3 aromatic carbocycles. The van der Waals surface area contributed by atoms with E-state index in [-0.39, 0.29) is 18.4 Å². The Bertz CT molecular complexity index is 1610. The third-order valence-electron chi connectivity index (χ3n) is 10.3. The number of nitrogens with one attached hydrogen (secondary N) is 1. The molecule has 222 valence electrons. The highest BCUT2D eigenvalue weighted by Gasteiger charge is 2.54. The first-order valence-electron chi connectivity index (χ1n) is 15.7. The van der Waals surface area contributed by atoms with Crippen molar-refractivity contribution in [2.24, 2.45) is 11.3 Å². The SMILES string of the molecule is CC(c1n[nH]c2cc([C@@H]3CN(Cc4ccccc4)C[C@@]3(C)C(=O)N3C(=O)OC[C@H]3c3ccccc3)ccc12)C1CCCC1. The lowest BCUT2D eigenvalue weighted by molar-refractivity contribution is -0.139. The molecule has 7 heteroatoms. The molecule has 43 heavy (non-hydrogen) atoms. The molecule has 0 radical (unpaired) electrons. The van der Waals surface area contributed by atoms with Crippen LogP contribution in [0, 0.1) is 11.3 Å². The lowest BCUT2D eigenvalue weighted by Crippen LogP contribution is -2.47. The van der Waals surface area contributed by atoms with Gasteiger partial charge in [0.15, 0.2) is 0 Å². The van der Waals surface area contributed by atoms with E-state index in [2.05, 4.69) is 47.3 Å². The molecule has 1 unspecified atom stereocenters. The van der Waals surface area contributed by atoms with Crippen LogP contribution in [0.3, 0.4) is 0 Å². The van der Waals surface area contributed by atoms with E-state index >= 15 is 0 Å². The zero-order valence-corrected chi connectivity index (χ0v) is 25.0. The molecule has 4 atom stereocenters. The van der Waals surface area contributed by atoms with Crippen molar-refractivity contribution >= 4 is 22.9 Å². The summed E-state index contributed by atoms with van der Waals surface area (Å²) in [6, 6.07) is 26.2. The van der Waals surface area contributed by atoms with Gasteiger partial charge in [0.1, 0.15) is 12.6 Å². The van der Waals surface area contributed by atoms with E-state index in [0.29, 0.717) is 24.9 Å². The molecule has 7 nitrogen and oxygen atoms in total. The summed E-state index contributed by atoms with van der Waals surface area (Å²) >= 11 is 0. The number of aromatic nitrogens is 2. The second kappa shape index (κ2) is 11.3. The molecule has 1 N–H and O–H groups in total. The van der Waals surface area contributed by atoms with Crippen molar-refractivity contribution < 1.29 is 14.3 Å². The molecule has 1 aliphatic carbocycles. The number of hydrogen-bond donors (Lipinski definition) is 1. The van der Waals surface area contributed by atoms with Crippen molar-refractivity contribution in [3.8, 4) is 0 Å². The molecule has 1 aromatic heterocycles. The van der Waals surface area contributed by atoms with Gasteiger partial charge in [-0.1, -0.05) is 92.6 Å². The van der Waals surface area contributed by atoms with Gasteiger partial charge in [-0.15, -0.1) is 0 Å². The Hall–Kier alpha value is -3.97. The number of aromatic amines is 1. The molecular formula is C36H40N4O3. The first kappa shape index (κ1) is 27.8. The summed E-state index contributed by atoms with van der Waals surface area (Å²) in [6.07, 6.45) is 4.61. The highest BCUT2D eigenvalue weighted by molar-refractivity contribution is 5.98. The number of imide groups is 1. The second-order valence-electron chi connectivity index (χ2n) is 13.1. The van der Waals surface area contributed by atoms with Crippen molar-refractivity contribution in [1.29, 1.82) is 0 Å². The number of nitrogens with zero attached hydrogens (tertiary/aromatic N) is 3. The lowest BCUT2D eigenvalue weighted by Gasteiger charge is -2.34. The predicted octanol–water partition coefficient (Wildman–Crippen LogP) is 7.18. The molecule has 3 fully saturated rings. The van der Waals surface area contributed by atoms with E-state index in [1.54, 1.807) is 0 Å². The maximum atomic E-state index is 14.6. The topological polar surface area (TPSA) is 78.5 Å². The van der Waals surface area contributed by atoms with E-state index in [4.69, 9.17) is 9.84 Å². The molecular weight excluding hydrogens is 536 g/mol. The van der Waals surface area contributed by atoms with E-state index < -0.39 is 17.6 Å². The summed E-state index contributed by atoms with van der Waals surface area (Å²) in [6.45, 7) is 6.51. The fourth-order valence-electron chi connectivity index (χ4n) is 7.90. The van der Waals surface area contributed by atoms with Crippen molar-refractivity contribution in [1.82, 2.24) is 20.0 Å². The van der Waals surface area contributed by atoms with Crippen molar-refractivity contribution in [3.63, 3.8) is 0 Å². The Morgan fingerprint density at radius 3 is 2.49 bits per heavy atom. The minimum Gasteiger partial charge on any atom is -0.446 e. The molecule has 4 aromatic rings. The van der Waals surface area contributed by atoms with E-state index in [0.717, 1.165) is 28.9 Å². The van der Waals surface area contributed by atoms with Gasteiger partial charge < -0.3 is 4.74 Å². The smallest absolute Gasteiger partial charge is 0.417 e. The summed E-state index contributed by atoms with van der Waals surface area (Å²) in [5.74, 6) is 0.811. The van der Waals surface area contributed by atoms with Gasteiger partial charge in [0.25, 0.3) is 0 Å². The number of ether oxygens (including phenoxy) is 1. The molecule has 0 bridgehead atoms. The van der Waals surface area contributed by atoms with Crippen LogP contribution in [-0.4, -0.2) is 51.7 Å². The predicted molar refractivity (Wildman–Crippen MR) is 166 cm³/mol. The first-order chi connectivity index (χ1) is 20.9. The van der Waals surface area contributed by atoms with Gasteiger partial charge in [0, 0.05) is 36.9 Å². The van der Waals surface area contributed by atoms with Gasteiger partial charge >= 0.3 is 6.09 Å². The Kier molecular flexibility index (Phi) is 7.29. The van der Waals surface area contributed by atoms with E-state index in [9.17, 15) is 9.59 Å². The zero-order valence-electron chi connectivity index (χ0n) is 25.0. The fraction of sp³-hybridized carbons (Fsp3) is 0.417. The lowest BCUT2D eigenvalue weighted by atomic mass is 9.74. The van der Waals surface area contributed by atoms with E-state index in [1.807, 2.05) is 55.5 Å². The van der Waals surface area contributed by atoms with Gasteiger partial charge in [0.2, 0.25) is 5.91 Å². The Morgan fingerprint density at radius 1 is 1.02 bits per heavy atom. The highest BCUT2D eigenvalue weighted by Crippen LogP contribution is 2.47. The number of cyclic esters (lactones) is 1. The average Bonchev–Trinajstić information content (AvgIpc) is 3.84. The van der Waals surface area contributed by atoms with Crippen LogP contribution in [0.15, 0.2) is 78.9 Å².